The van der Waals surface area contributed by atoms with Crippen molar-refractivity contribution in [2.45, 2.75) is 18.9 Å². The Morgan fingerprint density at radius 1 is 1.14 bits per heavy atom. The van der Waals surface area contributed by atoms with Crippen LogP contribution in [-0.2, 0) is 4.43 Å². The predicted octanol–water partition coefficient (Wildman–Crippen LogP) is 3.04. The lowest BCUT2D eigenvalue weighted by atomic mass is 10.2. The fourth-order valence-corrected chi connectivity index (χ4v) is 3.35. The van der Waals surface area contributed by atoms with Gasteiger partial charge in [-0.05, 0) is 18.0 Å². The topological polar surface area (TPSA) is 9.23 Å². The number of hydrogen-bond donors (Lipinski definition) is 0. The Morgan fingerprint density at radius 3 is 2.71 bits per heavy atom. The van der Waals surface area contributed by atoms with Crippen LogP contribution in [0.5, 0.6) is 0 Å². The molecule has 1 radical (unpaired) electrons. The van der Waals surface area contributed by atoms with Gasteiger partial charge < -0.3 is 4.43 Å². The summed E-state index contributed by atoms with van der Waals surface area (Å²) in [5, 5.41) is 0. The average molecular weight is 203 g/mol. The summed E-state index contributed by atoms with van der Waals surface area (Å²) in [4.78, 5) is 0. The largest absolute Gasteiger partial charge is 0.412 e. The molecular formula is C12H15OSi. The molecule has 0 N–H and O–H groups in total. The maximum Gasteiger partial charge on any atom is 0.239 e. The van der Waals surface area contributed by atoms with Crippen LogP contribution in [0.25, 0.3) is 6.08 Å². The highest BCUT2D eigenvalue weighted by Crippen LogP contribution is 2.12. The van der Waals surface area contributed by atoms with Crippen LogP contribution in [-0.4, -0.2) is 15.6 Å². The summed E-state index contributed by atoms with van der Waals surface area (Å²) in [6.07, 6.45) is 4.78. The van der Waals surface area contributed by atoms with Crippen molar-refractivity contribution in [3.63, 3.8) is 0 Å². The lowest BCUT2D eigenvalue weighted by Crippen LogP contribution is -2.20. The highest BCUT2D eigenvalue weighted by Gasteiger charge is 2.13. The van der Waals surface area contributed by atoms with E-state index in [0.29, 0.717) is 0 Å². The summed E-state index contributed by atoms with van der Waals surface area (Å²) in [5.74, 6) is 0. The van der Waals surface area contributed by atoms with Crippen LogP contribution in [0.4, 0.5) is 0 Å². The Labute approximate surface area is 87.1 Å². The van der Waals surface area contributed by atoms with Gasteiger partial charge >= 0.3 is 0 Å². The van der Waals surface area contributed by atoms with Crippen LogP contribution in [0.3, 0.4) is 0 Å². The van der Waals surface area contributed by atoms with E-state index in [-0.39, 0.29) is 0 Å². The average Bonchev–Trinajstić information content (AvgIpc) is 2.29. The lowest BCUT2D eigenvalue weighted by Gasteiger charge is -2.16. The van der Waals surface area contributed by atoms with Gasteiger partial charge in [0.1, 0.15) is 0 Å². The third-order valence-electron chi connectivity index (χ3n) is 2.37. The van der Waals surface area contributed by atoms with E-state index in [0.717, 1.165) is 6.61 Å². The summed E-state index contributed by atoms with van der Waals surface area (Å²) in [6.45, 7) is 0.966. The molecule has 14 heavy (non-hydrogen) atoms. The molecule has 1 aromatic rings. The van der Waals surface area contributed by atoms with E-state index in [1.807, 2.05) is 6.07 Å². The lowest BCUT2D eigenvalue weighted by molar-refractivity contribution is 0.294. The molecule has 0 aromatic heterocycles. The van der Waals surface area contributed by atoms with E-state index in [1.165, 1.54) is 24.4 Å². The zero-order valence-corrected chi connectivity index (χ0v) is 9.28. The van der Waals surface area contributed by atoms with E-state index < -0.39 is 9.04 Å². The smallest absolute Gasteiger partial charge is 0.239 e. The number of hydrogen-bond acceptors (Lipinski definition) is 1. The van der Waals surface area contributed by atoms with Gasteiger partial charge in [-0.15, -0.1) is 0 Å². The molecular weight excluding hydrogens is 188 g/mol. The van der Waals surface area contributed by atoms with E-state index in [9.17, 15) is 0 Å². The molecule has 1 heterocycles. The molecule has 0 bridgehead atoms. The minimum atomic E-state index is -0.626. The van der Waals surface area contributed by atoms with Crippen molar-refractivity contribution in [2.75, 3.05) is 6.61 Å². The molecule has 73 valence electrons. The maximum absolute atomic E-state index is 5.71. The van der Waals surface area contributed by atoms with Crippen LogP contribution >= 0.6 is 0 Å². The zero-order valence-electron chi connectivity index (χ0n) is 8.28. The molecule has 1 aromatic carbocycles. The van der Waals surface area contributed by atoms with Crippen LogP contribution in [0.2, 0.25) is 6.04 Å². The van der Waals surface area contributed by atoms with Crippen molar-refractivity contribution in [3.05, 3.63) is 41.6 Å². The van der Waals surface area contributed by atoms with Crippen molar-refractivity contribution in [1.82, 2.24) is 0 Å². The summed E-state index contributed by atoms with van der Waals surface area (Å²) >= 11 is 0. The number of rotatable bonds is 2. The molecule has 0 atom stereocenters. The third kappa shape index (κ3) is 2.82. The Hall–Kier alpha value is -0.863. The molecule has 1 saturated heterocycles. The zero-order chi connectivity index (χ0) is 9.64. The minimum absolute atomic E-state index is 0.626. The molecule has 1 aliphatic rings. The highest BCUT2D eigenvalue weighted by molar-refractivity contribution is 6.58. The molecule has 1 aliphatic heterocycles. The normalized spacial score (nSPS) is 18.9. The van der Waals surface area contributed by atoms with Crippen molar-refractivity contribution >= 4 is 15.1 Å². The van der Waals surface area contributed by atoms with Gasteiger partial charge in [-0.3, -0.25) is 0 Å². The second-order valence-corrected chi connectivity index (χ2v) is 5.57. The van der Waals surface area contributed by atoms with Gasteiger partial charge in [0.15, 0.2) is 0 Å². The monoisotopic (exact) mass is 203 g/mol. The summed E-state index contributed by atoms with van der Waals surface area (Å²) in [6, 6.07) is 11.7. The summed E-state index contributed by atoms with van der Waals surface area (Å²) in [5.41, 5.74) is 3.55. The van der Waals surface area contributed by atoms with Crippen molar-refractivity contribution in [3.8, 4) is 0 Å². The van der Waals surface area contributed by atoms with E-state index in [2.05, 4.69) is 36.0 Å². The van der Waals surface area contributed by atoms with Gasteiger partial charge in [0.25, 0.3) is 0 Å². The van der Waals surface area contributed by atoms with E-state index in [4.69, 9.17) is 4.43 Å². The van der Waals surface area contributed by atoms with Crippen molar-refractivity contribution in [2.24, 2.45) is 0 Å². The van der Waals surface area contributed by atoms with Crippen molar-refractivity contribution in [1.29, 1.82) is 0 Å². The van der Waals surface area contributed by atoms with E-state index in [1.54, 1.807) is 0 Å². The minimum Gasteiger partial charge on any atom is -0.412 e. The van der Waals surface area contributed by atoms with Gasteiger partial charge in [0, 0.05) is 6.61 Å². The Kier molecular flexibility index (Phi) is 3.55. The third-order valence-corrected chi connectivity index (χ3v) is 4.33. The van der Waals surface area contributed by atoms with Crippen LogP contribution in [0.15, 0.2) is 36.0 Å². The molecule has 2 heteroatoms. The van der Waals surface area contributed by atoms with Gasteiger partial charge in [-0.25, -0.2) is 0 Å². The second kappa shape index (κ2) is 5.13. The Bertz CT molecular complexity index is 288. The Balaban J connectivity index is 1.93. The molecule has 0 unspecified atom stereocenters. The fourth-order valence-electron chi connectivity index (χ4n) is 1.56. The first-order valence-corrected chi connectivity index (χ1v) is 6.86. The first-order chi connectivity index (χ1) is 6.95. The first kappa shape index (κ1) is 9.68. The SMILES string of the molecule is C(=C\[Si]1CCCCO1)/c1ccccc1. The van der Waals surface area contributed by atoms with Gasteiger partial charge in [0.05, 0.1) is 0 Å². The van der Waals surface area contributed by atoms with Gasteiger partial charge in [-0.2, -0.15) is 0 Å². The molecule has 0 spiro atoms. The van der Waals surface area contributed by atoms with Gasteiger partial charge in [0.2, 0.25) is 9.04 Å². The van der Waals surface area contributed by atoms with Gasteiger partial charge in [-0.1, -0.05) is 48.5 Å². The fraction of sp³-hybridized carbons (Fsp3) is 0.333. The predicted molar refractivity (Wildman–Crippen MR) is 61.2 cm³/mol. The van der Waals surface area contributed by atoms with Crippen LogP contribution in [0.1, 0.15) is 18.4 Å². The quantitative estimate of drug-likeness (QED) is 0.671. The molecule has 2 rings (SSSR count). The second-order valence-electron chi connectivity index (χ2n) is 3.52. The van der Waals surface area contributed by atoms with Crippen LogP contribution < -0.4 is 0 Å². The van der Waals surface area contributed by atoms with E-state index >= 15 is 0 Å². The Morgan fingerprint density at radius 2 is 2.00 bits per heavy atom. The molecule has 0 aliphatic carbocycles. The summed E-state index contributed by atoms with van der Waals surface area (Å²) < 4.78 is 5.71. The highest BCUT2D eigenvalue weighted by atomic mass is 28.3. The summed E-state index contributed by atoms with van der Waals surface area (Å²) in [7, 11) is -0.626. The standard InChI is InChI=1S/C12H15OSi/c1-2-6-12(7-3-1)8-11-14-10-5-4-9-13-14/h1-3,6-8,11H,4-5,9-10H2/b11-8+. The maximum atomic E-state index is 5.71. The molecule has 0 amide bonds. The first-order valence-electron chi connectivity index (χ1n) is 5.17. The van der Waals surface area contributed by atoms with Crippen LogP contribution in [0, 0.1) is 0 Å². The number of benzene rings is 1. The molecule has 0 saturated carbocycles. The molecule has 1 fully saturated rings. The molecule has 1 nitrogen and oxygen atoms in total. The van der Waals surface area contributed by atoms with Crippen molar-refractivity contribution < 1.29 is 4.43 Å².